The molecule has 4 heteroatoms. The van der Waals surface area contributed by atoms with Gasteiger partial charge in [-0.2, -0.15) is 0 Å². The molecule has 0 bridgehead atoms. The molecule has 0 aromatic carbocycles. The summed E-state index contributed by atoms with van der Waals surface area (Å²) in [5, 5.41) is 3.15. The van der Waals surface area contributed by atoms with Crippen LogP contribution in [0.4, 0.5) is 5.82 Å². The summed E-state index contributed by atoms with van der Waals surface area (Å²) < 4.78 is 5.06. The van der Waals surface area contributed by atoms with Crippen molar-refractivity contribution in [3.8, 4) is 5.75 Å². The van der Waals surface area contributed by atoms with Gasteiger partial charge in [-0.15, -0.1) is 0 Å². The van der Waals surface area contributed by atoms with Gasteiger partial charge in [0.05, 0.1) is 7.11 Å². The van der Waals surface area contributed by atoms with Crippen LogP contribution in [0, 0.1) is 0 Å². The maximum atomic E-state index is 5.36. The topological polar surface area (TPSA) is 60.2 Å². The van der Waals surface area contributed by atoms with E-state index in [2.05, 4.69) is 10.3 Å². The maximum Gasteiger partial charge on any atom is 0.129 e. The average Bonchev–Trinajstić information content (AvgIpc) is 2.19. The van der Waals surface area contributed by atoms with Crippen molar-refractivity contribution >= 4 is 5.82 Å². The van der Waals surface area contributed by atoms with E-state index in [-0.39, 0.29) is 0 Å². The van der Waals surface area contributed by atoms with Crippen LogP contribution < -0.4 is 15.8 Å². The fourth-order valence-electron chi connectivity index (χ4n) is 0.953. The molecular weight excluding hydrogens is 166 g/mol. The highest BCUT2D eigenvalue weighted by atomic mass is 16.5. The summed E-state index contributed by atoms with van der Waals surface area (Å²) in [6, 6.07) is 3.67. The van der Waals surface area contributed by atoms with Gasteiger partial charge in [0, 0.05) is 18.8 Å². The molecule has 0 aliphatic rings. The van der Waals surface area contributed by atoms with Gasteiger partial charge in [-0.1, -0.05) is 0 Å². The number of aromatic nitrogens is 1. The molecule has 72 valence electrons. The number of nitrogens with one attached hydrogen (secondary N) is 1. The molecule has 0 amide bonds. The van der Waals surface area contributed by atoms with Crippen LogP contribution in [0.5, 0.6) is 5.75 Å². The van der Waals surface area contributed by atoms with E-state index in [0.717, 1.165) is 24.5 Å². The van der Waals surface area contributed by atoms with E-state index in [1.54, 1.807) is 13.3 Å². The highest BCUT2D eigenvalue weighted by Crippen LogP contribution is 2.13. The lowest BCUT2D eigenvalue weighted by Crippen LogP contribution is -2.09. The third-order valence-electron chi connectivity index (χ3n) is 1.65. The second-order valence-electron chi connectivity index (χ2n) is 2.65. The van der Waals surface area contributed by atoms with Crippen LogP contribution in [0.25, 0.3) is 0 Å². The largest absolute Gasteiger partial charge is 0.497 e. The second-order valence-corrected chi connectivity index (χ2v) is 2.65. The Morgan fingerprint density at radius 1 is 1.62 bits per heavy atom. The lowest BCUT2D eigenvalue weighted by Gasteiger charge is -2.05. The minimum absolute atomic E-state index is 0.691. The summed E-state index contributed by atoms with van der Waals surface area (Å²) in [6.07, 6.45) is 2.66. The number of nitrogens with two attached hydrogens (primary N) is 1. The van der Waals surface area contributed by atoms with Crippen molar-refractivity contribution in [1.29, 1.82) is 0 Å². The second kappa shape index (κ2) is 5.37. The molecule has 0 aliphatic carbocycles. The fourth-order valence-corrected chi connectivity index (χ4v) is 0.953. The van der Waals surface area contributed by atoms with Gasteiger partial charge in [-0.05, 0) is 19.0 Å². The van der Waals surface area contributed by atoms with Crippen molar-refractivity contribution in [3.05, 3.63) is 18.3 Å². The van der Waals surface area contributed by atoms with Gasteiger partial charge >= 0.3 is 0 Å². The highest BCUT2D eigenvalue weighted by molar-refractivity contribution is 5.40. The average molecular weight is 181 g/mol. The maximum absolute atomic E-state index is 5.36. The molecule has 1 aromatic heterocycles. The molecule has 13 heavy (non-hydrogen) atoms. The van der Waals surface area contributed by atoms with Crippen LogP contribution in [0.2, 0.25) is 0 Å². The molecule has 0 radical (unpaired) electrons. The van der Waals surface area contributed by atoms with Crippen molar-refractivity contribution < 1.29 is 4.74 Å². The molecule has 0 saturated carbocycles. The third-order valence-corrected chi connectivity index (χ3v) is 1.65. The smallest absolute Gasteiger partial charge is 0.129 e. The first-order valence-electron chi connectivity index (χ1n) is 4.31. The van der Waals surface area contributed by atoms with Crippen LogP contribution in [0.1, 0.15) is 6.42 Å². The van der Waals surface area contributed by atoms with Crippen LogP contribution in [0.3, 0.4) is 0 Å². The number of pyridine rings is 1. The van der Waals surface area contributed by atoms with Gasteiger partial charge in [0.1, 0.15) is 11.6 Å². The standard InChI is InChI=1S/C9H15N3O/c1-13-8-3-6-12-9(7-8)11-5-2-4-10/h3,6-7H,2,4-5,10H2,1H3,(H,11,12). The normalized spacial score (nSPS) is 9.69. The van der Waals surface area contributed by atoms with E-state index >= 15 is 0 Å². The Morgan fingerprint density at radius 3 is 3.15 bits per heavy atom. The molecule has 0 saturated heterocycles. The van der Waals surface area contributed by atoms with Crippen molar-refractivity contribution in [2.75, 3.05) is 25.5 Å². The van der Waals surface area contributed by atoms with E-state index in [0.29, 0.717) is 6.54 Å². The fraction of sp³-hybridized carbons (Fsp3) is 0.444. The van der Waals surface area contributed by atoms with Gasteiger partial charge < -0.3 is 15.8 Å². The summed E-state index contributed by atoms with van der Waals surface area (Å²) in [6.45, 7) is 1.54. The summed E-state index contributed by atoms with van der Waals surface area (Å²) in [5.41, 5.74) is 5.36. The van der Waals surface area contributed by atoms with Crippen LogP contribution in [-0.2, 0) is 0 Å². The molecule has 0 aliphatic heterocycles. The molecule has 0 spiro atoms. The first-order valence-corrected chi connectivity index (χ1v) is 4.31. The molecule has 1 aromatic rings. The van der Waals surface area contributed by atoms with Crippen molar-refractivity contribution in [3.63, 3.8) is 0 Å². The van der Waals surface area contributed by atoms with Crippen molar-refractivity contribution in [2.45, 2.75) is 6.42 Å². The van der Waals surface area contributed by atoms with E-state index in [4.69, 9.17) is 10.5 Å². The summed E-state index contributed by atoms with van der Waals surface area (Å²) in [4.78, 5) is 4.13. The summed E-state index contributed by atoms with van der Waals surface area (Å²) in [5.74, 6) is 1.64. The Balaban J connectivity index is 2.46. The molecule has 1 rings (SSSR count). The predicted molar refractivity (Wildman–Crippen MR) is 53.0 cm³/mol. The van der Waals surface area contributed by atoms with Crippen LogP contribution in [-0.4, -0.2) is 25.2 Å². The molecule has 1 heterocycles. The monoisotopic (exact) mass is 181 g/mol. The number of hydrogen-bond acceptors (Lipinski definition) is 4. The predicted octanol–water partition coefficient (Wildman–Crippen LogP) is 0.851. The van der Waals surface area contributed by atoms with Gasteiger partial charge in [-0.3, -0.25) is 0 Å². The Labute approximate surface area is 78.1 Å². The van der Waals surface area contributed by atoms with E-state index in [9.17, 15) is 0 Å². The molecule has 0 unspecified atom stereocenters. The van der Waals surface area contributed by atoms with Crippen LogP contribution in [0.15, 0.2) is 18.3 Å². The Hall–Kier alpha value is -1.29. The quantitative estimate of drug-likeness (QED) is 0.661. The Morgan fingerprint density at radius 2 is 2.46 bits per heavy atom. The summed E-state index contributed by atoms with van der Waals surface area (Å²) in [7, 11) is 1.64. The molecule has 4 nitrogen and oxygen atoms in total. The zero-order chi connectivity index (χ0) is 9.52. The first-order chi connectivity index (χ1) is 6.36. The zero-order valence-electron chi connectivity index (χ0n) is 7.79. The lowest BCUT2D eigenvalue weighted by atomic mass is 10.4. The van der Waals surface area contributed by atoms with Gasteiger partial charge in [-0.25, -0.2) is 4.98 Å². The van der Waals surface area contributed by atoms with Gasteiger partial charge in [0.2, 0.25) is 0 Å². The van der Waals surface area contributed by atoms with Gasteiger partial charge in [0.15, 0.2) is 0 Å². The molecular formula is C9H15N3O. The Kier molecular flexibility index (Phi) is 4.05. The number of rotatable bonds is 5. The molecule has 0 fully saturated rings. The number of ether oxygens (including phenoxy) is 1. The number of anilines is 1. The first kappa shape index (κ1) is 9.80. The minimum Gasteiger partial charge on any atom is -0.497 e. The SMILES string of the molecule is COc1ccnc(NCCCN)c1. The van der Waals surface area contributed by atoms with Crippen molar-refractivity contribution in [1.82, 2.24) is 4.98 Å². The van der Waals surface area contributed by atoms with Gasteiger partial charge in [0.25, 0.3) is 0 Å². The summed E-state index contributed by atoms with van der Waals surface area (Å²) >= 11 is 0. The Bertz CT molecular complexity index is 252. The highest BCUT2D eigenvalue weighted by Gasteiger charge is 1.94. The van der Waals surface area contributed by atoms with Crippen molar-refractivity contribution in [2.24, 2.45) is 5.73 Å². The number of nitrogens with zero attached hydrogens (tertiary/aromatic N) is 1. The number of methoxy groups -OCH3 is 1. The van der Waals surface area contributed by atoms with E-state index in [1.165, 1.54) is 0 Å². The minimum atomic E-state index is 0.691. The third kappa shape index (κ3) is 3.29. The zero-order valence-corrected chi connectivity index (χ0v) is 7.79. The number of hydrogen-bond donors (Lipinski definition) is 2. The van der Waals surface area contributed by atoms with E-state index < -0.39 is 0 Å². The van der Waals surface area contributed by atoms with Crippen LogP contribution >= 0.6 is 0 Å². The molecule has 3 N–H and O–H groups in total. The van der Waals surface area contributed by atoms with E-state index in [1.807, 2.05) is 12.1 Å². The lowest BCUT2D eigenvalue weighted by molar-refractivity contribution is 0.414. The molecule has 0 atom stereocenters.